The second-order valence-electron chi connectivity index (χ2n) is 4.22. The molecule has 0 aliphatic rings. The molecule has 0 fully saturated rings. The maximum atomic E-state index is 5.71. The van der Waals surface area contributed by atoms with Crippen molar-refractivity contribution < 1.29 is 0 Å². The Labute approximate surface area is 96.3 Å². The zero-order valence-electron chi connectivity index (χ0n) is 9.86. The van der Waals surface area contributed by atoms with Gasteiger partial charge >= 0.3 is 0 Å². The van der Waals surface area contributed by atoms with Crippen molar-refractivity contribution >= 4 is 11.3 Å². The monoisotopic (exact) mass is 227 g/mol. The van der Waals surface area contributed by atoms with Crippen molar-refractivity contribution in [3.63, 3.8) is 0 Å². The van der Waals surface area contributed by atoms with Crippen molar-refractivity contribution in [2.24, 2.45) is 5.73 Å². The summed E-state index contributed by atoms with van der Waals surface area (Å²) in [6.45, 7) is 6.15. The summed E-state index contributed by atoms with van der Waals surface area (Å²) in [7, 11) is 2.13. The first-order valence-electron chi connectivity index (χ1n) is 5.43. The molecule has 15 heavy (non-hydrogen) atoms. The Morgan fingerprint density at radius 1 is 1.60 bits per heavy atom. The van der Waals surface area contributed by atoms with E-state index in [4.69, 9.17) is 5.73 Å². The number of hydrogen-bond donors (Lipinski definition) is 1. The molecule has 0 aliphatic carbocycles. The third-order valence-corrected chi connectivity index (χ3v) is 3.12. The van der Waals surface area contributed by atoms with Crippen LogP contribution in [0.5, 0.6) is 0 Å². The summed E-state index contributed by atoms with van der Waals surface area (Å²) in [5.74, 6) is 0. The molecule has 0 amide bonds. The summed E-state index contributed by atoms with van der Waals surface area (Å²) < 4.78 is 0. The first-order chi connectivity index (χ1) is 7.08. The summed E-state index contributed by atoms with van der Waals surface area (Å²) >= 11 is 1.72. The molecular weight excluding hydrogens is 206 g/mol. The van der Waals surface area contributed by atoms with E-state index in [1.807, 2.05) is 6.92 Å². The molecule has 2 N–H and O–H groups in total. The molecule has 0 bridgehead atoms. The van der Waals surface area contributed by atoms with Crippen LogP contribution in [0, 0.1) is 6.92 Å². The van der Waals surface area contributed by atoms with Crippen LogP contribution < -0.4 is 5.73 Å². The lowest BCUT2D eigenvalue weighted by molar-refractivity contribution is 0.312. The maximum absolute atomic E-state index is 5.71. The van der Waals surface area contributed by atoms with Gasteiger partial charge in [0.15, 0.2) is 0 Å². The number of nitrogens with two attached hydrogens (primary N) is 1. The molecule has 1 aromatic rings. The zero-order chi connectivity index (χ0) is 11.3. The van der Waals surface area contributed by atoms with Gasteiger partial charge in [-0.25, -0.2) is 4.98 Å². The van der Waals surface area contributed by atoms with Gasteiger partial charge in [0.25, 0.3) is 0 Å². The number of nitrogens with zero attached hydrogens (tertiary/aromatic N) is 2. The van der Waals surface area contributed by atoms with E-state index in [2.05, 4.69) is 29.2 Å². The number of rotatable bonds is 6. The number of thiazole rings is 1. The van der Waals surface area contributed by atoms with Crippen LogP contribution in [0.2, 0.25) is 0 Å². The number of aromatic nitrogens is 1. The SMILES string of the molecule is Cc1nc(CN(C)CCCC(C)N)cs1. The molecule has 0 saturated carbocycles. The summed E-state index contributed by atoms with van der Waals surface area (Å²) in [4.78, 5) is 6.75. The smallest absolute Gasteiger partial charge is 0.0897 e. The van der Waals surface area contributed by atoms with Crippen LogP contribution in [0.1, 0.15) is 30.5 Å². The maximum Gasteiger partial charge on any atom is 0.0897 e. The van der Waals surface area contributed by atoms with Crippen molar-refractivity contribution in [3.05, 3.63) is 16.1 Å². The Balaban J connectivity index is 2.21. The molecule has 4 heteroatoms. The minimum atomic E-state index is 0.319. The highest BCUT2D eigenvalue weighted by Crippen LogP contribution is 2.10. The Hall–Kier alpha value is -0.450. The average Bonchev–Trinajstić information content (AvgIpc) is 2.50. The van der Waals surface area contributed by atoms with Gasteiger partial charge in [0.2, 0.25) is 0 Å². The van der Waals surface area contributed by atoms with Crippen LogP contribution in [-0.2, 0) is 6.54 Å². The second kappa shape index (κ2) is 6.20. The van der Waals surface area contributed by atoms with Crippen molar-refractivity contribution in [1.82, 2.24) is 9.88 Å². The molecule has 1 rings (SSSR count). The molecule has 1 aromatic heterocycles. The van der Waals surface area contributed by atoms with Gasteiger partial charge in [-0.3, -0.25) is 0 Å². The lowest BCUT2D eigenvalue weighted by Gasteiger charge is -2.15. The topological polar surface area (TPSA) is 42.2 Å². The third kappa shape index (κ3) is 5.25. The Morgan fingerprint density at radius 3 is 2.87 bits per heavy atom. The molecule has 0 aliphatic heterocycles. The largest absolute Gasteiger partial charge is 0.328 e. The molecule has 3 nitrogen and oxygen atoms in total. The molecule has 1 unspecified atom stereocenters. The van der Waals surface area contributed by atoms with E-state index in [1.165, 1.54) is 5.69 Å². The average molecular weight is 227 g/mol. The highest BCUT2D eigenvalue weighted by Gasteiger charge is 2.03. The summed E-state index contributed by atoms with van der Waals surface area (Å²) in [5, 5.41) is 3.28. The van der Waals surface area contributed by atoms with Crippen LogP contribution in [-0.4, -0.2) is 29.5 Å². The first-order valence-corrected chi connectivity index (χ1v) is 6.31. The van der Waals surface area contributed by atoms with Crippen LogP contribution in [0.15, 0.2) is 5.38 Å². The van der Waals surface area contributed by atoms with Crippen LogP contribution in [0.25, 0.3) is 0 Å². The second-order valence-corrected chi connectivity index (χ2v) is 5.28. The van der Waals surface area contributed by atoms with Crippen molar-refractivity contribution in [3.8, 4) is 0 Å². The summed E-state index contributed by atoms with van der Waals surface area (Å²) in [5.41, 5.74) is 6.89. The minimum absolute atomic E-state index is 0.319. The van der Waals surface area contributed by atoms with Crippen LogP contribution in [0.3, 0.4) is 0 Å². The highest BCUT2D eigenvalue weighted by molar-refractivity contribution is 7.09. The summed E-state index contributed by atoms with van der Waals surface area (Å²) in [6.07, 6.45) is 2.26. The fourth-order valence-corrected chi connectivity index (χ4v) is 2.12. The Bertz CT molecular complexity index is 283. The predicted molar refractivity (Wildman–Crippen MR) is 66.1 cm³/mol. The fraction of sp³-hybridized carbons (Fsp3) is 0.727. The molecule has 1 atom stereocenters. The number of hydrogen-bond acceptors (Lipinski definition) is 4. The van der Waals surface area contributed by atoms with E-state index < -0.39 is 0 Å². The minimum Gasteiger partial charge on any atom is -0.328 e. The van der Waals surface area contributed by atoms with Crippen LogP contribution in [0.4, 0.5) is 0 Å². The molecule has 0 aromatic carbocycles. The lowest BCUT2D eigenvalue weighted by Crippen LogP contribution is -2.22. The van der Waals surface area contributed by atoms with Gasteiger partial charge in [0.05, 0.1) is 10.7 Å². The van der Waals surface area contributed by atoms with E-state index in [0.717, 1.165) is 30.9 Å². The normalized spacial score (nSPS) is 13.4. The Kier molecular flexibility index (Phi) is 5.22. The molecular formula is C11H21N3S. The molecule has 1 heterocycles. The van der Waals surface area contributed by atoms with E-state index in [0.29, 0.717) is 6.04 Å². The van der Waals surface area contributed by atoms with Crippen molar-refractivity contribution in [1.29, 1.82) is 0 Å². The Morgan fingerprint density at radius 2 is 2.33 bits per heavy atom. The van der Waals surface area contributed by atoms with Crippen molar-refractivity contribution in [2.75, 3.05) is 13.6 Å². The van der Waals surface area contributed by atoms with Gasteiger partial charge in [0.1, 0.15) is 0 Å². The lowest BCUT2D eigenvalue weighted by atomic mass is 10.2. The van der Waals surface area contributed by atoms with E-state index >= 15 is 0 Å². The van der Waals surface area contributed by atoms with Crippen LogP contribution >= 0.6 is 11.3 Å². The molecule has 0 radical (unpaired) electrons. The third-order valence-electron chi connectivity index (χ3n) is 2.30. The quantitative estimate of drug-likeness (QED) is 0.808. The van der Waals surface area contributed by atoms with E-state index in [-0.39, 0.29) is 0 Å². The van der Waals surface area contributed by atoms with Gasteiger partial charge in [-0.05, 0) is 40.3 Å². The molecule has 0 spiro atoms. The van der Waals surface area contributed by atoms with Gasteiger partial charge < -0.3 is 10.6 Å². The highest BCUT2D eigenvalue weighted by atomic mass is 32.1. The fourth-order valence-electron chi connectivity index (χ4n) is 1.52. The van der Waals surface area contributed by atoms with E-state index in [9.17, 15) is 0 Å². The van der Waals surface area contributed by atoms with Gasteiger partial charge in [-0.1, -0.05) is 0 Å². The first kappa shape index (κ1) is 12.6. The zero-order valence-corrected chi connectivity index (χ0v) is 10.7. The standard InChI is InChI=1S/C11H21N3S/c1-9(12)5-4-6-14(3)7-11-8-15-10(2)13-11/h8-9H,4-7,12H2,1-3H3. The molecule has 86 valence electrons. The summed E-state index contributed by atoms with van der Waals surface area (Å²) in [6, 6.07) is 0.319. The molecule has 0 saturated heterocycles. The predicted octanol–water partition coefficient (Wildman–Crippen LogP) is 2.01. The van der Waals surface area contributed by atoms with Gasteiger partial charge in [-0.15, -0.1) is 11.3 Å². The van der Waals surface area contributed by atoms with Gasteiger partial charge in [0, 0.05) is 18.0 Å². The number of aryl methyl sites for hydroxylation is 1. The van der Waals surface area contributed by atoms with E-state index in [1.54, 1.807) is 11.3 Å². The van der Waals surface area contributed by atoms with Gasteiger partial charge in [-0.2, -0.15) is 0 Å². The van der Waals surface area contributed by atoms with Crippen molar-refractivity contribution in [2.45, 2.75) is 39.3 Å².